The first-order valence-corrected chi connectivity index (χ1v) is 9.36. The second kappa shape index (κ2) is 10.2. The molecule has 1 aliphatic rings. The predicted molar refractivity (Wildman–Crippen MR) is 99.0 cm³/mol. The van der Waals surface area contributed by atoms with Gasteiger partial charge in [0.15, 0.2) is 6.61 Å². The van der Waals surface area contributed by atoms with E-state index in [0.29, 0.717) is 10.6 Å². The Morgan fingerprint density at radius 1 is 1.12 bits per heavy atom. The summed E-state index contributed by atoms with van der Waals surface area (Å²) in [5.74, 6) is -1.36. The first-order valence-electron chi connectivity index (χ1n) is 8.98. The van der Waals surface area contributed by atoms with Crippen LogP contribution >= 0.6 is 11.6 Å². The van der Waals surface area contributed by atoms with Crippen LogP contribution in [-0.2, 0) is 14.3 Å². The van der Waals surface area contributed by atoms with Crippen molar-refractivity contribution in [3.8, 4) is 0 Å². The summed E-state index contributed by atoms with van der Waals surface area (Å²) in [4.78, 5) is 36.0. The molecule has 1 fully saturated rings. The standard InChI is InChI=1S/C19H25ClN2O4/c1-13(21-18(24)14-8-10-15(20)11-9-14)19(25)26-12-17(23)22-16-6-4-2-3-5-7-16/h8-11,13,16H,2-7,12H2,1H3,(H,21,24)(H,22,23)/t13-/m0/s1. The number of nitrogens with one attached hydrogen (secondary N) is 2. The van der Waals surface area contributed by atoms with Gasteiger partial charge in [0.1, 0.15) is 6.04 Å². The number of hydrogen-bond acceptors (Lipinski definition) is 4. The van der Waals surface area contributed by atoms with E-state index in [0.717, 1.165) is 25.7 Å². The molecule has 0 aliphatic heterocycles. The molecule has 0 spiro atoms. The van der Waals surface area contributed by atoms with Crippen molar-refractivity contribution in [1.29, 1.82) is 0 Å². The highest BCUT2D eigenvalue weighted by atomic mass is 35.5. The van der Waals surface area contributed by atoms with Crippen LogP contribution in [0.5, 0.6) is 0 Å². The maximum atomic E-state index is 12.1. The summed E-state index contributed by atoms with van der Waals surface area (Å²) in [6.07, 6.45) is 6.55. The molecule has 1 saturated carbocycles. The van der Waals surface area contributed by atoms with Gasteiger partial charge in [0.05, 0.1) is 0 Å². The summed E-state index contributed by atoms with van der Waals surface area (Å²) < 4.78 is 5.01. The fourth-order valence-electron chi connectivity index (χ4n) is 2.89. The van der Waals surface area contributed by atoms with E-state index in [1.165, 1.54) is 19.8 Å². The van der Waals surface area contributed by atoms with Crippen LogP contribution in [0.3, 0.4) is 0 Å². The minimum Gasteiger partial charge on any atom is -0.454 e. The van der Waals surface area contributed by atoms with Crippen LogP contribution in [-0.4, -0.2) is 36.5 Å². The third-order valence-electron chi connectivity index (χ3n) is 4.37. The van der Waals surface area contributed by atoms with Gasteiger partial charge in [-0.1, -0.05) is 37.3 Å². The first-order chi connectivity index (χ1) is 12.5. The summed E-state index contributed by atoms with van der Waals surface area (Å²) in [7, 11) is 0. The first kappa shape index (κ1) is 20.2. The molecule has 0 aromatic heterocycles. The van der Waals surface area contributed by atoms with E-state index >= 15 is 0 Å². The lowest BCUT2D eigenvalue weighted by Crippen LogP contribution is -2.42. The minimum absolute atomic E-state index is 0.158. The Labute approximate surface area is 158 Å². The molecule has 1 aliphatic carbocycles. The summed E-state index contributed by atoms with van der Waals surface area (Å²) in [6.45, 7) is 1.18. The van der Waals surface area contributed by atoms with Gasteiger partial charge in [0.25, 0.3) is 11.8 Å². The van der Waals surface area contributed by atoms with Crippen molar-refractivity contribution in [3.05, 3.63) is 34.9 Å². The van der Waals surface area contributed by atoms with Crippen molar-refractivity contribution in [3.63, 3.8) is 0 Å². The van der Waals surface area contributed by atoms with Crippen LogP contribution in [0.1, 0.15) is 55.8 Å². The Kier molecular flexibility index (Phi) is 7.91. The van der Waals surface area contributed by atoms with Crippen molar-refractivity contribution in [2.24, 2.45) is 0 Å². The molecule has 2 amide bonds. The van der Waals surface area contributed by atoms with E-state index in [4.69, 9.17) is 16.3 Å². The number of carbonyl (C=O) groups is 3. The molecule has 6 nitrogen and oxygen atoms in total. The zero-order valence-corrected chi connectivity index (χ0v) is 15.7. The molecule has 2 N–H and O–H groups in total. The average molecular weight is 381 g/mol. The number of halogens is 1. The second-order valence-electron chi connectivity index (χ2n) is 6.57. The van der Waals surface area contributed by atoms with Crippen LogP contribution in [0.25, 0.3) is 0 Å². The molecule has 26 heavy (non-hydrogen) atoms. The SMILES string of the molecule is C[C@H](NC(=O)c1ccc(Cl)cc1)C(=O)OCC(=O)NC1CCCCCC1. The normalized spacial score (nSPS) is 16.2. The Morgan fingerprint density at radius 3 is 2.35 bits per heavy atom. The Balaban J connectivity index is 1.73. The summed E-state index contributed by atoms with van der Waals surface area (Å²) in [6, 6.07) is 5.62. The van der Waals surface area contributed by atoms with Gasteiger partial charge in [0, 0.05) is 16.6 Å². The molecule has 0 heterocycles. The van der Waals surface area contributed by atoms with Crippen molar-refractivity contribution in [1.82, 2.24) is 10.6 Å². The van der Waals surface area contributed by atoms with Crippen LogP contribution in [0.2, 0.25) is 5.02 Å². The van der Waals surface area contributed by atoms with Crippen LogP contribution in [0, 0.1) is 0 Å². The minimum atomic E-state index is -0.858. The molecule has 2 rings (SSSR count). The third-order valence-corrected chi connectivity index (χ3v) is 4.63. The molecule has 1 aromatic carbocycles. The number of amides is 2. The highest BCUT2D eigenvalue weighted by Crippen LogP contribution is 2.17. The monoisotopic (exact) mass is 380 g/mol. The molecule has 1 atom stereocenters. The van der Waals surface area contributed by atoms with Crippen molar-refractivity contribution in [2.45, 2.75) is 57.5 Å². The van der Waals surface area contributed by atoms with Crippen LogP contribution < -0.4 is 10.6 Å². The molecule has 0 radical (unpaired) electrons. The maximum absolute atomic E-state index is 12.1. The van der Waals surface area contributed by atoms with E-state index in [-0.39, 0.29) is 18.6 Å². The number of benzene rings is 1. The smallest absolute Gasteiger partial charge is 0.328 e. The number of hydrogen-bond donors (Lipinski definition) is 2. The number of esters is 1. The van der Waals surface area contributed by atoms with Gasteiger partial charge in [-0.05, 0) is 44.0 Å². The molecule has 1 aromatic rings. The largest absolute Gasteiger partial charge is 0.454 e. The van der Waals surface area contributed by atoms with E-state index in [9.17, 15) is 14.4 Å². The zero-order chi connectivity index (χ0) is 18.9. The van der Waals surface area contributed by atoms with Crippen molar-refractivity contribution in [2.75, 3.05) is 6.61 Å². The fraction of sp³-hybridized carbons (Fsp3) is 0.526. The lowest BCUT2D eigenvalue weighted by atomic mass is 10.1. The average Bonchev–Trinajstić information content (AvgIpc) is 2.88. The van der Waals surface area contributed by atoms with E-state index in [1.54, 1.807) is 24.3 Å². The summed E-state index contributed by atoms with van der Waals surface area (Å²) >= 11 is 5.78. The highest BCUT2D eigenvalue weighted by Gasteiger charge is 2.20. The lowest BCUT2D eigenvalue weighted by molar-refractivity contribution is -0.150. The Morgan fingerprint density at radius 2 is 1.73 bits per heavy atom. The molecule has 0 saturated heterocycles. The summed E-state index contributed by atoms with van der Waals surface area (Å²) in [5, 5.41) is 5.97. The Hall–Kier alpha value is -2.08. The van der Waals surface area contributed by atoms with Gasteiger partial charge >= 0.3 is 5.97 Å². The lowest BCUT2D eigenvalue weighted by Gasteiger charge is -2.17. The molecule has 142 valence electrons. The quantitative estimate of drug-likeness (QED) is 0.587. The topological polar surface area (TPSA) is 84.5 Å². The zero-order valence-electron chi connectivity index (χ0n) is 14.9. The van der Waals surface area contributed by atoms with Crippen LogP contribution in [0.4, 0.5) is 0 Å². The number of ether oxygens (including phenoxy) is 1. The van der Waals surface area contributed by atoms with Gasteiger partial charge < -0.3 is 15.4 Å². The van der Waals surface area contributed by atoms with Gasteiger partial charge in [-0.3, -0.25) is 9.59 Å². The van der Waals surface area contributed by atoms with Gasteiger partial charge in [-0.2, -0.15) is 0 Å². The predicted octanol–water partition coefficient (Wildman–Crippen LogP) is 2.84. The van der Waals surface area contributed by atoms with Gasteiger partial charge in [-0.25, -0.2) is 4.79 Å². The molecule has 0 unspecified atom stereocenters. The Bertz CT molecular complexity index is 625. The molecule has 7 heteroatoms. The number of rotatable bonds is 6. The fourth-order valence-corrected chi connectivity index (χ4v) is 3.02. The van der Waals surface area contributed by atoms with E-state index in [2.05, 4.69) is 10.6 Å². The van der Waals surface area contributed by atoms with Gasteiger partial charge in [-0.15, -0.1) is 0 Å². The van der Waals surface area contributed by atoms with E-state index in [1.807, 2.05) is 0 Å². The maximum Gasteiger partial charge on any atom is 0.328 e. The number of carbonyl (C=O) groups excluding carboxylic acids is 3. The van der Waals surface area contributed by atoms with Crippen LogP contribution in [0.15, 0.2) is 24.3 Å². The second-order valence-corrected chi connectivity index (χ2v) is 7.00. The van der Waals surface area contributed by atoms with Crippen molar-refractivity contribution < 1.29 is 19.1 Å². The van der Waals surface area contributed by atoms with Gasteiger partial charge in [0.2, 0.25) is 0 Å². The van der Waals surface area contributed by atoms with E-state index < -0.39 is 17.9 Å². The summed E-state index contributed by atoms with van der Waals surface area (Å²) in [5.41, 5.74) is 0.389. The highest BCUT2D eigenvalue weighted by molar-refractivity contribution is 6.30. The molecular formula is C19H25ClN2O4. The molecular weight excluding hydrogens is 356 g/mol. The molecule has 0 bridgehead atoms. The van der Waals surface area contributed by atoms with Crippen molar-refractivity contribution >= 4 is 29.4 Å². The third kappa shape index (κ3) is 6.67.